The van der Waals surface area contributed by atoms with Crippen molar-refractivity contribution in [3.63, 3.8) is 0 Å². The molecule has 6 heteroatoms. The van der Waals surface area contributed by atoms with E-state index in [2.05, 4.69) is 37.2 Å². The van der Waals surface area contributed by atoms with Crippen LogP contribution in [0.15, 0.2) is 45.3 Å². The molecule has 0 radical (unpaired) electrons. The van der Waals surface area contributed by atoms with Crippen LogP contribution in [-0.4, -0.2) is 13.0 Å². The fourth-order valence-electron chi connectivity index (χ4n) is 1.71. The summed E-state index contributed by atoms with van der Waals surface area (Å²) in [4.78, 5) is 12.2. The second-order valence-corrected chi connectivity index (χ2v) is 5.82. The molecule has 0 heterocycles. The number of carbonyl (C=O) groups is 1. The summed E-state index contributed by atoms with van der Waals surface area (Å²) < 4.78 is 6.70. The molecule has 0 aromatic heterocycles. The van der Waals surface area contributed by atoms with Crippen LogP contribution in [0.3, 0.4) is 0 Å². The van der Waals surface area contributed by atoms with Crippen LogP contribution in [-0.2, 0) is 0 Å². The largest absolute Gasteiger partial charge is 0.495 e. The van der Waals surface area contributed by atoms with Gasteiger partial charge in [0.25, 0.3) is 5.91 Å². The minimum atomic E-state index is -0.294. The Hall–Kier alpha value is -1.84. The van der Waals surface area contributed by atoms with Crippen molar-refractivity contribution >= 4 is 43.5 Å². The Labute approximate surface area is 139 Å². The summed E-state index contributed by atoms with van der Waals surface area (Å²) in [5.74, 6) is 0.316. The maximum absolute atomic E-state index is 12.2. The fourth-order valence-corrected chi connectivity index (χ4v) is 2.96. The molecular weight excluding hydrogens is 400 g/mol. The number of methoxy groups -OCH3 is 1. The zero-order chi connectivity index (χ0) is 15.4. The first-order chi connectivity index (χ1) is 10.0. The lowest BCUT2D eigenvalue weighted by molar-refractivity contribution is 0.102. The van der Waals surface area contributed by atoms with E-state index < -0.39 is 0 Å². The number of benzene rings is 2. The number of anilines is 1. The predicted molar refractivity (Wildman–Crippen MR) is 87.5 cm³/mol. The number of hydrogen-bond acceptors (Lipinski definition) is 3. The predicted octanol–water partition coefficient (Wildman–Crippen LogP) is 4.34. The van der Waals surface area contributed by atoms with E-state index in [1.165, 1.54) is 0 Å². The summed E-state index contributed by atoms with van der Waals surface area (Å²) in [6.45, 7) is 0. The van der Waals surface area contributed by atoms with E-state index in [1.807, 2.05) is 6.07 Å². The molecule has 0 spiro atoms. The van der Waals surface area contributed by atoms with Crippen LogP contribution < -0.4 is 10.1 Å². The quantitative estimate of drug-likeness (QED) is 0.819. The molecule has 0 aliphatic carbocycles. The third kappa shape index (κ3) is 3.63. The molecule has 0 fully saturated rings. The molecule has 0 saturated carbocycles. The standard InChI is InChI=1S/C15H10Br2N2O2/c1-21-14-7-13(11(16)6-12(14)17)19-15(20)10-4-2-3-9(5-10)8-18/h2-7H,1H3,(H,19,20). The molecule has 0 atom stereocenters. The minimum absolute atomic E-state index is 0.294. The van der Waals surface area contributed by atoms with Gasteiger partial charge in [-0.2, -0.15) is 5.26 Å². The summed E-state index contributed by atoms with van der Waals surface area (Å²) in [5, 5.41) is 11.6. The van der Waals surface area contributed by atoms with Gasteiger partial charge in [-0.3, -0.25) is 4.79 Å². The first kappa shape index (κ1) is 15.5. The molecule has 4 nitrogen and oxygen atoms in total. The highest BCUT2D eigenvalue weighted by molar-refractivity contribution is 9.11. The molecule has 1 amide bonds. The van der Waals surface area contributed by atoms with Gasteiger partial charge < -0.3 is 10.1 Å². The monoisotopic (exact) mass is 408 g/mol. The Morgan fingerprint density at radius 2 is 2.00 bits per heavy atom. The highest BCUT2D eigenvalue weighted by atomic mass is 79.9. The second kappa shape index (κ2) is 6.74. The first-order valence-electron chi connectivity index (χ1n) is 5.89. The van der Waals surface area contributed by atoms with Gasteiger partial charge in [-0.15, -0.1) is 0 Å². The van der Waals surface area contributed by atoms with Gasteiger partial charge in [-0.05, 0) is 56.1 Å². The highest BCUT2D eigenvalue weighted by Gasteiger charge is 2.12. The Balaban J connectivity index is 2.29. The molecule has 2 aromatic carbocycles. The SMILES string of the molecule is COc1cc(NC(=O)c2cccc(C#N)c2)c(Br)cc1Br. The minimum Gasteiger partial charge on any atom is -0.495 e. The number of nitrogens with zero attached hydrogens (tertiary/aromatic N) is 1. The van der Waals surface area contributed by atoms with Gasteiger partial charge in [0, 0.05) is 16.1 Å². The molecule has 106 valence electrons. The number of hydrogen-bond donors (Lipinski definition) is 1. The number of amides is 1. The zero-order valence-corrected chi connectivity index (χ0v) is 14.2. The molecule has 1 N–H and O–H groups in total. The van der Waals surface area contributed by atoms with Gasteiger partial charge in [-0.1, -0.05) is 6.07 Å². The fraction of sp³-hybridized carbons (Fsp3) is 0.0667. The Kier molecular flexibility index (Phi) is 4.99. The first-order valence-corrected chi connectivity index (χ1v) is 7.48. The molecule has 0 aliphatic heterocycles. The Bertz CT molecular complexity index is 739. The number of carbonyl (C=O) groups excluding carboxylic acids is 1. The van der Waals surface area contributed by atoms with E-state index >= 15 is 0 Å². The zero-order valence-electron chi connectivity index (χ0n) is 11.0. The third-order valence-electron chi connectivity index (χ3n) is 2.74. The summed E-state index contributed by atoms with van der Waals surface area (Å²) >= 11 is 6.75. The van der Waals surface area contributed by atoms with Gasteiger partial charge in [0.2, 0.25) is 0 Å². The number of nitrogens with one attached hydrogen (secondary N) is 1. The van der Waals surface area contributed by atoms with Crippen molar-refractivity contribution in [2.24, 2.45) is 0 Å². The van der Waals surface area contributed by atoms with Gasteiger partial charge in [0.1, 0.15) is 5.75 Å². The van der Waals surface area contributed by atoms with Crippen LogP contribution in [0, 0.1) is 11.3 Å². The van der Waals surface area contributed by atoms with Crippen molar-refractivity contribution in [1.29, 1.82) is 5.26 Å². The van der Waals surface area contributed by atoms with Crippen LogP contribution in [0.1, 0.15) is 15.9 Å². The van der Waals surface area contributed by atoms with Crippen molar-refractivity contribution in [3.8, 4) is 11.8 Å². The van der Waals surface area contributed by atoms with Crippen LogP contribution in [0.5, 0.6) is 5.75 Å². The number of ether oxygens (including phenoxy) is 1. The molecule has 0 saturated heterocycles. The van der Waals surface area contributed by atoms with Gasteiger partial charge in [0.05, 0.1) is 28.9 Å². The normalized spacial score (nSPS) is 9.81. The van der Waals surface area contributed by atoms with E-state index in [0.717, 1.165) is 8.95 Å². The van der Waals surface area contributed by atoms with Crippen molar-refractivity contribution in [2.45, 2.75) is 0 Å². The van der Waals surface area contributed by atoms with E-state index in [9.17, 15) is 4.79 Å². The summed E-state index contributed by atoms with van der Waals surface area (Å²) in [5.41, 5.74) is 1.44. The Morgan fingerprint density at radius 1 is 1.24 bits per heavy atom. The average molecular weight is 410 g/mol. The molecule has 0 unspecified atom stereocenters. The molecular formula is C15H10Br2N2O2. The maximum Gasteiger partial charge on any atom is 0.255 e. The van der Waals surface area contributed by atoms with Crippen LogP contribution >= 0.6 is 31.9 Å². The lowest BCUT2D eigenvalue weighted by Crippen LogP contribution is -2.12. The highest BCUT2D eigenvalue weighted by Crippen LogP contribution is 2.34. The molecule has 0 aliphatic rings. The summed E-state index contributed by atoms with van der Waals surface area (Å²) in [6.07, 6.45) is 0. The van der Waals surface area contributed by atoms with Crippen molar-refractivity contribution in [3.05, 3.63) is 56.5 Å². The van der Waals surface area contributed by atoms with E-state index in [0.29, 0.717) is 22.6 Å². The lowest BCUT2D eigenvalue weighted by Gasteiger charge is -2.11. The smallest absolute Gasteiger partial charge is 0.255 e. The van der Waals surface area contributed by atoms with Crippen molar-refractivity contribution in [2.75, 3.05) is 12.4 Å². The van der Waals surface area contributed by atoms with E-state index in [1.54, 1.807) is 43.5 Å². The second-order valence-electron chi connectivity index (χ2n) is 4.11. The maximum atomic E-state index is 12.2. The lowest BCUT2D eigenvalue weighted by atomic mass is 10.1. The molecule has 2 aromatic rings. The van der Waals surface area contributed by atoms with Crippen LogP contribution in [0.2, 0.25) is 0 Å². The summed E-state index contributed by atoms with van der Waals surface area (Å²) in [7, 11) is 1.55. The number of halogens is 2. The third-order valence-corrected chi connectivity index (χ3v) is 4.02. The van der Waals surface area contributed by atoms with Crippen LogP contribution in [0.25, 0.3) is 0 Å². The summed E-state index contributed by atoms with van der Waals surface area (Å²) in [6, 6.07) is 12.0. The molecule has 0 bridgehead atoms. The van der Waals surface area contributed by atoms with Crippen molar-refractivity contribution in [1.82, 2.24) is 0 Å². The Morgan fingerprint density at radius 3 is 2.67 bits per heavy atom. The average Bonchev–Trinajstić information content (AvgIpc) is 2.50. The van der Waals surface area contributed by atoms with E-state index in [-0.39, 0.29) is 5.91 Å². The van der Waals surface area contributed by atoms with Crippen LogP contribution in [0.4, 0.5) is 5.69 Å². The molecule has 21 heavy (non-hydrogen) atoms. The number of nitriles is 1. The van der Waals surface area contributed by atoms with Gasteiger partial charge in [-0.25, -0.2) is 0 Å². The number of rotatable bonds is 3. The van der Waals surface area contributed by atoms with E-state index in [4.69, 9.17) is 10.00 Å². The van der Waals surface area contributed by atoms with Gasteiger partial charge in [0.15, 0.2) is 0 Å². The van der Waals surface area contributed by atoms with Gasteiger partial charge >= 0.3 is 0 Å². The molecule has 2 rings (SSSR count). The van der Waals surface area contributed by atoms with Crippen molar-refractivity contribution < 1.29 is 9.53 Å². The topological polar surface area (TPSA) is 62.1 Å².